The van der Waals surface area contributed by atoms with E-state index in [-0.39, 0.29) is 11.2 Å². The van der Waals surface area contributed by atoms with Crippen LogP contribution in [-0.4, -0.2) is 10.8 Å². The van der Waals surface area contributed by atoms with Gasteiger partial charge in [-0.15, -0.1) is 0 Å². The molecule has 0 spiro atoms. The lowest BCUT2D eigenvalue weighted by Gasteiger charge is -2.34. The summed E-state index contributed by atoms with van der Waals surface area (Å²) in [6.45, 7) is 4.44. The highest BCUT2D eigenvalue weighted by atomic mass is 16.1. The van der Waals surface area contributed by atoms with E-state index in [4.69, 9.17) is 4.98 Å². The average molecular weight is 604 g/mol. The zero-order valence-corrected chi connectivity index (χ0v) is 26.4. The summed E-state index contributed by atoms with van der Waals surface area (Å²) in [6.07, 6.45) is 0. The van der Waals surface area contributed by atoms with E-state index in [1.807, 2.05) is 36.4 Å². The number of hydrogen-bond donors (Lipinski definition) is 0. The van der Waals surface area contributed by atoms with E-state index >= 15 is 0 Å². The van der Waals surface area contributed by atoms with Crippen LogP contribution in [0.25, 0.3) is 55.9 Å². The van der Waals surface area contributed by atoms with Gasteiger partial charge in [0.1, 0.15) is 0 Å². The van der Waals surface area contributed by atoms with Gasteiger partial charge in [-0.3, -0.25) is 4.79 Å². The molecule has 0 N–H and O–H groups in total. The molecule has 2 nitrogen and oxygen atoms in total. The highest BCUT2D eigenvalue weighted by molar-refractivity contribution is 6.13. The molecule has 1 aliphatic carbocycles. The Hall–Kier alpha value is -5.86. The van der Waals surface area contributed by atoms with Crippen molar-refractivity contribution in [3.05, 3.63) is 186 Å². The van der Waals surface area contributed by atoms with E-state index in [1.54, 1.807) is 0 Å². The maximum atomic E-state index is 13.6. The number of rotatable bonds is 5. The predicted molar refractivity (Wildman–Crippen MR) is 193 cm³/mol. The van der Waals surface area contributed by atoms with E-state index in [0.29, 0.717) is 0 Å². The zero-order valence-electron chi connectivity index (χ0n) is 26.4. The van der Waals surface area contributed by atoms with Crippen molar-refractivity contribution in [3.8, 4) is 55.9 Å². The average Bonchev–Trinajstić information content (AvgIpc) is 3.14. The number of benzene rings is 6. The van der Waals surface area contributed by atoms with Crippen molar-refractivity contribution < 1.29 is 4.79 Å². The Morgan fingerprint density at radius 2 is 0.830 bits per heavy atom. The van der Waals surface area contributed by atoms with Gasteiger partial charge in [0.2, 0.25) is 0 Å². The Bertz CT molecular complexity index is 2220. The molecule has 1 aromatic heterocycles. The van der Waals surface area contributed by atoms with E-state index < -0.39 is 0 Å². The van der Waals surface area contributed by atoms with Crippen LogP contribution in [-0.2, 0) is 5.41 Å². The Balaban J connectivity index is 1.29. The van der Waals surface area contributed by atoms with Gasteiger partial charge in [0, 0.05) is 27.7 Å². The van der Waals surface area contributed by atoms with Crippen molar-refractivity contribution in [2.75, 3.05) is 0 Å². The number of fused-ring (bicyclic) bond motifs is 2. The standard InChI is InChI=1S/C45H33NO/c1-45(2)40-24-14-13-23-38(40)44(47)39-26-25-32(27-41(39)45)34-19-9-11-21-36(34)37-22-12-10-20-35(37)33-28-42(30-15-5-3-6-16-30)46-43(29-33)31-17-7-4-8-18-31/h3-29H,1-2H3. The summed E-state index contributed by atoms with van der Waals surface area (Å²) < 4.78 is 0. The summed E-state index contributed by atoms with van der Waals surface area (Å²) in [6, 6.07) is 56.8. The fourth-order valence-corrected chi connectivity index (χ4v) is 7.08. The van der Waals surface area contributed by atoms with Crippen LogP contribution in [0.5, 0.6) is 0 Å². The smallest absolute Gasteiger partial charge is 0.193 e. The Kier molecular flexibility index (Phi) is 7.00. The first-order valence-electron chi connectivity index (χ1n) is 16.1. The van der Waals surface area contributed by atoms with Crippen LogP contribution in [0, 0.1) is 0 Å². The molecule has 1 heterocycles. The topological polar surface area (TPSA) is 30.0 Å². The molecule has 0 amide bonds. The molecule has 47 heavy (non-hydrogen) atoms. The Labute approximate surface area is 276 Å². The van der Waals surface area contributed by atoms with Crippen LogP contribution in [0.4, 0.5) is 0 Å². The van der Waals surface area contributed by atoms with Crippen LogP contribution in [0.3, 0.4) is 0 Å². The first kappa shape index (κ1) is 28.6. The van der Waals surface area contributed by atoms with Crippen LogP contribution in [0.2, 0.25) is 0 Å². The summed E-state index contributed by atoms with van der Waals surface area (Å²) >= 11 is 0. The molecule has 224 valence electrons. The molecule has 0 radical (unpaired) electrons. The SMILES string of the molecule is CC1(C)c2ccccc2C(=O)c2ccc(-c3ccccc3-c3ccccc3-c3cc(-c4ccccc4)nc(-c4ccccc4)c3)cc21. The maximum absolute atomic E-state index is 13.6. The fraction of sp³-hybridized carbons (Fsp3) is 0.0667. The molecule has 0 bridgehead atoms. The van der Waals surface area contributed by atoms with Crippen LogP contribution < -0.4 is 0 Å². The van der Waals surface area contributed by atoms with E-state index in [1.165, 1.54) is 0 Å². The maximum Gasteiger partial charge on any atom is 0.193 e. The second kappa shape index (κ2) is 11.5. The molecule has 8 rings (SSSR count). The third kappa shape index (κ3) is 4.99. The monoisotopic (exact) mass is 603 g/mol. The van der Waals surface area contributed by atoms with E-state index in [2.05, 4.69) is 141 Å². The third-order valence-electron chi connectivity index (χ3n) is 9.51. The van der Waals surface area contributed by atoms with Crippen molar-refractivity contribution in [1.29, 1.82) is 0 Å². The second-order valence-electron chi connectivity index (χ2n) is 12.7. The lowest BCUT2D eigenvalue weighted by Crippen LogP contribution is -2.30. The number of ketones is 1. The molecule has 0 saturated carbocycles. The largest absolute Gasteiger partial charge is 0.289 e. The molecule has 0 aliphatic heterocycles. The summed E-state index contributed by atoms with van der Waals surface area (Å²) in [5.41, 5.74) is 14.2. The molecule has 0 saturated heterocycles. The molecule has 0 atom stereocenters. The van der Waals surface area contributed by atoms with Gasteiger partial charge < -0.3 is 0 Å². The van der Waals surface area contributed by atoms with Gasteiger partial charge in [0.05, 0.1) is 11.4 Å². The quantitative estimate of drug-likeness (QED) is 0.196. The third-order valence-corrected chi connectivity index (χ3v) is 9.51. The minimum absolute atomic E-state index is 0.0984. The lowest BCUT2D eigenvalue weighted by molar-refractivity contribution is 0.103. The Morgan fingerprint density at radius 1 is 0.383 bits per heavy atom. The molecular formula is C45H33NO. The highest BCUT2D eigenvalue weighted by Gasteiger charge is 2.36. The highest BCUT2D eigenvalue weighted by Crippen LogP contribution is 2.45. The fourth-order valence-electron chi connectivity index (χ4n) is 7.08. The molecule has 2 heteroatoms. The van der Waals surface area contributed by atoms with Crippen molar-refractivity contribution in [2.24, 2.45) is 0 Å². The van der Waals surface area contributed by atoms with Gasteiger partial charge in [-0.1, -0.05) is 159 Å². The number of carbonyl (C=O) groups excluding carboxylic acids is 1. The molecule has 0 unspecified atom stereocenters. The van der Waals surface area contributed by atoms with Crippen LogP contribution >= 0.6 is 0 Å². The van der Waals surface area contributed by atoms with Gasteiger partial charge in [-0.25, -0.2) is 4.98 Å². The van der Waals surface area contributed by atoms with Crippen LogP contribution in [0.15, 0.2) is 164 Å². The summed E-state index contributed by atoms with van der Waals surface area (Å²) in [7, 11) is 0. The predicted octanol–water partition coefficient (Wildman–Crippen LogP) is 11.3. The van der Waals surface area contributed by atoms with Gasteiger partial charge in [-0.05, 0) is 62.7 Å². The van der Waals surface area contributed by atoms with Gasteiger partial charge in [-0.2, -0.15) is 0 Å². The zero-order chi connectivity index (χ0) is 32.0. The number of carbonyl (C=O) groups is 1. The molecular weight excluding hydrogens is 571 g/mol. The number of nitrogens with zero attached hydrogens (tertiary/aromatic N) is 1. The normalized spacial score (nSPS) is 13.1. The van der Waals surface area contributed by atoms with Gasteiger partial charge >= 0.3 is 0 Å². The molecule has 7 aromatic rings. The summed E-state index contributed by atoms with van der Waals surface area (Å²) in [4.78, 5) is 18.7. The first-order valence-corrected chi connectivity index (χ1v) is 16.1. The van der Waals surface area contributed by atoms with Crippen molar-refractivity contribution in [3.63, 3.8) is 0 Å². The minimum Gasteiger partial charge on any atom is -0.289 e. The van der Waals surface area contributed by atoms with Gasteiger partial charge in [0.15, 0.2) is 5.78 Å². The molecule has 1 aliphatic rings. The van der Waals surface area contributed by atoms with Crippen LogP contribution in [0.1, 0.15) is 40.9 Å². The van der Waals surface area contributed by atoms with E-state index in [0.717, 1.165) is 78.1 Å². The summed E-state index contributed by atoms with van der Waals surface area (Å²) in [5.74, 6) is 0.0984. The first-order chi connectivity index (χ1) is 23.0. The number of hydrogen-bond acceptors (Lipinski definition) is 2. The lowest BCUT2D eigenvalue weighted by atomic mass is 9.68. The molecule has 0 fully saturated rings. The van der Waals surface area contributed by atoms with Gasteiger partial charge in [0.25, 0.3) is 0 Å². The molecule has 6 aromatic carbocycles. The summed E-state index contributed by atoms with van der Waals surface area (Å²) in [5, 5.41) is 0. The Morgan fingerprint density at radius 3 is 1.40 bits per heavy atom. The van der Waals surface area contributed by atoms with Crippen molar-refractivity contribution >= 4 is 5.78 Å². The minimum atomic E-state index is -0.304. The number of pyridine rings is 1. The van der Waals surface area contributed by atoms with Crippen molar-refractivity contribution in [1.82, 2.24) is 4.98 Å². The van der Waals surface area contributed by atoms with Crippen molar-refractivity contribution in [2.45, 2.75) is 19.3 Å². The number of aromatic nitrogens is 1. The van der Waals surface area contributed by atoms with E-state index in [9.17, 15) is 4.79 Å². The second-order valence-corrected chi connectivity index (χ2v) is 12.7.